The summed E-state index contributed by atoms with van der Waals surface area (Å²) in [6.07, 6.45) is 2.51. The van der Waals surface area contributed by atoms with Gasteiger partial charge in [-0.05, 0) is 36.4 Å². The number of carbonyl (C=O) groups is 1. The number of imidazole rings is 1. The maximum absolute atomic E-state index is 15.3. The number of anilines is 2. The normalized spacial score (nSPS) is 18.0. The summed E-state index contributed by atoms with van der Waals surface area (Å²) in [6, 6.07) is 14.0. The van der Waals surface area contributed by atoms with Crippen LogP contribution >= 0.6 is 11.8 Å². The number of carboxylic acid groups (broad SMARTS) is 1. The molecule has 3 aliphatic heterocycles. The predicted octanol–water partition coefficient (Wildman–Crippen LogP) is 4.65. The minimum absolute atomic E-state index is 0.00726. The highest BCUT2D eigenvalue weighted by Crippen LogP contribution is 2.37. The van der Waals surface area contributed by atoms with Crippen LogP contribution in [-0.2, 0) is 10.5 Å². The van der Waals surface area contributed by atoms with Crippen LogP contribution in [0.2, 0.25) is 0 Å². The molecule has 4 aromatic rings. The molecule has 3 fully saturated rings. The second-order valence-corrected chi connectivity index (χ2v) is 12.8. The van der Waals surface area contributed by atoms with E-state index in [2.05, 4.69) is 9.88 Å². The summed E-state index contributed by atoms with van der Waals surface area (Å²) < 4.78 is 63.9. The number of hydrogen-bond donors (Lipinski definition) is 0. The molecule has 1 aromatic heterocycles. The molecule has 0 aliphatic carbocycles. The van der Waals surface area contributed by atoms with Crippen molar-refractivity contribution in [2.75, 3.05) is 78.6 Å². The maximum atomic E-state index is 15.3. The van der Waals surface area contributed by atoms with Crippen molar-refractivity contribution in [3.63, 3.8) is 0 Å². The largest absolute Gasteiger partial charge is 0.554 e. The molecule has 0 N–H and O–H groups in total. The van der Waals surface area contributed by atoms with E-state index in [4.69, 9.17) is 24.1 Å². The van der Waals surface area contributed by atoms with Gasteiger partial charge >= 0.3 is 0 Å². The van der Waals surface area contributed by atoms with Gasteiger partial charge in [-0.3, -0.25) is 9.47 Å². The number of hydrogen-bond acceptors (Lipinski definition) is 9. The van der Waals surface area contributed by atoms with Crippen molar-refractivity contribution in [2.24, 2.45) is 0 Å². The molecule has 0 atom stereocenters. The number of fused-ring (bicyclic) bond motifs is 3. The molecule has 0 spiro atoms. The van der Waals surface area contributed by atoms with Crippen LogP contribution in [0, 0.1) is 17.5 Å². The summed E-state index contributed by atoms with van der Waals surface area (Å²) in [6.45, 7) is 7.90. The average Bonchev–Trinajstić information content (AvgIpc) is 3.54. The zero-order valence-corrected chi connectivity index (χ0v) is 28.6. The third-order valence-corrected chi connectivity index (χ3v) is 10.1. The van der Waals surface area contributed by atoms with Crippen molar-refractivity contribution in [3.05, 3.63) is 83.8 Å². The first-order chi connectivity index (χ1) is 23.7. The number of aromatic nitrogens is 2. The van der Waals surface area contributed by atoms with E-state index in [9.17, 15) is 4.39 Å². The monoisotopic (exact) mass is 699 g/mol. The molecule has 49 heavy (non-hydrogen) atoms. The Labute approximate surface area is 288 Å². The first-order valence-corrected chi connectivity index (χ1v) is 16.9. The molecular weight excluding hydrogens is 659 g/mol. The van der Waals surface area contributed by atoms with Gasteiger partial charge in [0.25, 0.3) is 0 Å². The molecule has 2 bridgehead atoms. The van der Waals surface area contributed by atoms with Gasteiger partial charge in [0.05, 0.1) is 53.2 Å². The third kappa shape index (κ3) is 8.43. The highest BCUT2D eigenvalue weighted by molar-refractivity contribution is 7.98. The smallest absolute Gasteiger partial charge is 0.174 e. The number of quaternary nitrogens is 1. The molecule has 14 heteroatoms. The molecule has 10 nitrogen and oxygen atoms in total. The first kappa shape index (κ1) is 35.9. The van der Waals surface area contributed by atoms with E-state index >= 15 is 8.78 Å². The summed E-state index contributed by atoms with van der Waals surface area (Å²) in [5.41, 5.74) is 1.36. The van der Waals surface area contributed by atoms with Crippen LogP contribution in [0.25, 0.3) is 5.69 Å². The van der Waals surface area contributed by atoms with Crippen LogP contribution in [0.1, 0.15) is 12.0 Å². The van der Waals surface area contributed by atoms with E-state index in [0.717, 1.165) is 42.8 Å². The molecule has 262 valence electrons. The van der Waals surface area contributed by atoms with E-state index in [1.807, 2.05) is 28.6 Å². The fourth-order valence-electron chi connectivity index (χ4n) is 6.26. The van der Waals surface area contributed by atoms with Gasteiger partial charge in [-0.2, -0.15) is 0 Å². The predicted molar refractivity (Wildman–Crippen MR) is 179 cm³/mol. The molecule has 0 amide bonds. The van der Waals surface area contributed by atoms with Gasteiger partial charge in [0.2, 0.25) is 0 Å². The number of halogens is 3. The van der Waals surface area contributed by atoms with Crippen molar-refractivity contribution in [1.82, 2.24) is 14.5 Å². The number of rotatable bonds is 13. The summed E-state index contributed by atoms with van der Waals surface area (Å²) >= 11 is 1.18. The van der Waals surface area contributed by atoms with Gasteiger partial charge in [0.1, 0.15) is 29.0 Å². The Hall–Kier alpha value is -4.40. The number of carbonyl (C=O) groups excluding carboxylic acids is 1. The van der Waals surface area contributed by atoms with E-state index in [1.165, 1.54) is 55.7 Å². The Bertz CT molecular complexity index is 1680. The minimum atomic E-state index is -0.668. The van der Waals surface area contributed by atoms with Crippen molar-refractivity contribution < 1.29 is 41.8 Å². The lowest BCUT2D eigenvalue weighted by atomic mass is 10.1. The quantitative estimate of drug-likeness (QED) is 0.0857. The van der Waals surface area contributed by atoms with Crippen molar-refractivity contribution in [3.8, 4) is 22.9 Å². The Morgan fingerprint density at radius 3 is 2.20 bits per heavy atom. The maximum Gasteiger partial charge on any atom is 0.174 e. The lowest BCUT2D eigenvalue weighted by Gasteiger charge is -2.50. The molecule has 3 aliphatic rings. The van der Waals surface area contributed by atoms with Crippen molar-refractivity contribution >= 4 is 29.7 Å². The number of thioether (sulfide) groups is 1. The molecule has 0 unspecified atom stereocenters. The van der Waals surface area contributed by atoms with Crippen LogP contribution in [0.4, 0.5) is 24.7 Å². The highest BCUT2D eigenvalue weighted by atomic mass is 32.2. The van der Waals surface area contributed by atoms with Gasteiger partial charge in [-0.15, -0.1) is 0 Å². The van der Waals surface area contributed by atoms with Crippen molar-refractivity contribution in [2.45, 2.75) is 17.3 Å². The lowest BCUT2D eigenvalue weighted by Crippen LogP contribution is -2.67. The average molecular weight is 700 g/mol. The SMILES string of the molecule is COc1ccc(N(C)c2cnc(SCc3c(F)cc(OCCC[N+]45CCN(CC4)CC5)cc3F)n2-c2ccc(F)cc2)cc1OC.O=C[O-]. The molecule has 0 radical (unpaired) electrons. The fourth-order valence-corrected chi connectivity index (χ4v) is 7.26. The summed E-state index contributed by atoms with van der Waals surface area (Å²) in [5.74, 6) is 0.276. The zero-order chi connectivity index (χ0) is 35.0. The minimum Gasteiger partial charge on any atom is -0.554 e. The first-order valence-electron chi connectivity index (χ1n) is 15.9. The van der Waals surface area contributed by atoms with Crippen LogP contribution in [0.5, 0.6) is 17.2 Å². The number of piperazine rings is 3. The number of nitrogens with zero attached hydrogens (tertiary/aromatic N) is 5. The standard InChI is InChI=1S/C34H39F3N5O3S.CH2O2/c1-39(26-9-10-31(43-2)32(19-26)44-3)33-22-38-34(41(33)25-7-5-24(35)6-8-25)46-23-28-29(36)20-27(21-30(28)37)45-18-4-14-42-15-11-40(12-16-42)13-17-42;2-1-3/h5-10,19-22H,4,11-18,23H2,1-3H3;1H,(H,2,3)/q+1;/p-1. The zero-order valence-electron chi connectivity index (χ0n) is 27.7. The highest BCUT2D eigenvalue weighted by Gasteiger charge is 2.37. The summed E-state index contributed by atoms with van der Waals surface area (Å²) in [5, 5.41) is 8.74. The Morgan fingerprint density at radius 1 is 0.959 bits per heavy atom. The fraction of sp³-hybridized carbons (Fsp3) is 0.371. The van der Waals surface area contributed by atoms with Gasteiger partial charge in [-0.25, -0.2) is 18.2 Å². The molecular formula is C35H40F3N5O5S. The van der Waals surface area contributed by atoms with Gasteiger partial charge < -0.3 is 33.5 Å². The van der Waals surface area contributed by atoms with Crippen LogP contribution in [0.15, 0.2) is 66.0 Å². The lowest BCUT2D eigenvalue weighted by molar-refractivity contribution is -0.941. The van der Waals surface area contributed by atoms with Crippen LogP contribution in [0.3, 0.4) is 0 Å². The molecule has 7 rings (SSSR count). The van der Waals surface area contributed by atoms with E-state index < -0.39 is 18.1 Å². The van der Waals surface area contributed by atoms with E-state index in [1.54, 1.807) is 38.6 Å². The Balaban J connectivity index is 0.00000151. The van der Waals surface area contributed by atoms with Gasteiger partial charge in [0.15, 0.2) is 16.7 Å². The van der Waals surface area contributed by atoms with Crippen LogP contribution in [-0.4, -0.2) is 99.1 Å². The third-order valence-electron chi connectivity index (χ3n) is 9.07. The molecule has 0 saturated carbocycles. The molecule has 3 saturated heterocycles. The Kier molecular flexibility index (Phi) is 12.0. The van der Waals surface area contributed by atoms with E-state index in [0.29, 0.717) is 34.8 Å². The van der Waals surface area contributed by atoms with E-state index in [-0.39, 0.29) is 22.9 Å². The van der Waals surface area contributed by atoms with Crippen LogP contribution < -0.4 is 24.2 Å². The number of ether oxygens (including phenoxy) is 3. The number of benzene rings is 3. The van der Waals surface area contributed by atoms with Gasteiger partial charge in [-0.1, -0.05) is 11.8 Å². The molecule has 4 heterocycles. The second kappa shape index (κ2) is 16.3. The number of methoxy groups -OCH3 is 2. The van der Waals surface area contributed by atoms with Crippen molar-refractivity contribution in [1.29, 1.82) is 0 Å². The summed E-state index contributed by atoms with van der Waals surface area (Å²) in [4.78, 5) is 17.2. The second-order valence-electron chi connectivity index (χ2n) is 11.8. The van der Waals surface area contributed by atoms with Gasteiger partial charge in [0, 0.05) is 80.5 Å². The molecule has 3 aromatic carbocycles. The topological polar surface area (TPSA) is 92.1 Å². The summed E-state index contributed by atoms with van der Waals surface area (Å²) in [7, 11) is 5.00. The Morgan fingerprint density at radius 2 is 1.59 bits per heavy atom.